The number of anilines is 6. The average Bonchev–Trinajstić information content (AvgIpc) is 1.65. The molecule has 0 aromatic heterocycles. The molecule has 18 rings (SSSR count). The highest BCUT2D eigenvalue weighted by molar-refractivity contribution is 6.31. The number of para-hydroxylation sites is 3. The molecule has 0 aliphatic carbocycles. The second-order valence-corrected chi connectivity index (χ2v) is 36.7. The van der Waals surface area contributed by atoms with Crippen LogP contribution >= 0.6 is 34.8 Å². The number of halogens is 3. The van der Waals surface area contributed by atoms with E-state index >= 15 is 0 Å². The molecule has 732 valence electrons. The van der Waals surface area contributed by atoms with E-state index in [-0.39, 0.29) is 71.7 Å². The molecule has 25 heteroatoms. The van der Waals surface area contributed by atoms with E-state index in [4.69, 9.17) is 53.8 Å². The van der Waals surface area contributed by atoms with Gasteiger partial charge >= 0.3 is 0 Å². The maximum atomic E-state index is 12.1. The minimum absolute atomic E-state index is 0.00389. The maximum absolute atomic E-state index is 12.1. The molecule has 6 fully saturated rings. The van der Waals surface area contributed by atoms with Gasteiger partial charge in [-0.25, -0.2) is 0 Å². The first kappa shape index (κ1) is 104. The van der Waals surface area contributed by atoms with Gasteiger partial charge in [0.05, 0.1) is 136 Å². The van der Waals surface area contributed by atoms with Gasteiger partial charge in [0.25, 0.3) is 0 Å². The topological polar surface area (TPSA) is 231 Å². The first-order chi connectivity index (χ1) is 68.5. The van der Waals surface area contributed by atoms with Crippen molar-refractivity contribution in [2.24, 2.45) is 0 Å². The summed E-state index contributed by atoms with van der Waals surface area (Å²) in [4.78, 5) is 71.2. The maximum Gasteiger partial charge on any atom is 0.241 e. The van der Waals surface area contributed by atoms with Crippen LogP contribution in [0.25, 0.3) is 0 Å². The minimum Gasteiger partial charge on any atom is -0.497 e. The number of hydrogen-bond acceptors (Lipinski definition) is 16. The number of methoxy groups -OCH3 is 1. The third-order valence-corrected chi connectivity index (χ3v) is 25.6. The number of nitrogens with zero attached hydrogens (tertiary/aromatic N) is 6. The molecule has 0 saturated carbocycles. The van der Waals surface area contributed by atoms with E-state index in [1.807, 2.05) is 327 Å². The van der Waals surface area contributed by atoms with Crippen molar-refractivity contribution in [1.82, 2.24) is 32.6 Å². The molecule has 6 unspecified atom stereocenters. The van der Waals surface area contributed by atoms with Gasteiger partial charge in [0.1, 0.15) is 23.0 Å². The lowest BCUT2D eigenvalue weighted by atomic mass is 10.0. The zero-order valence-electron chi connectivity index (χ0n) is 80.6. The summed E-state index contributed by atoms with van der Waals surface area (Å²) >= 11 is 17.9. The lowest BCUT2D eigenvalue weighted by Crippen LogP contribution is -2.34. The Bertz CT molecular complexity index is 5760. The van der Waals surface area contributed by atoms with E-state index in [0.717, 1.165) is 136 Å². The highest BCUT2D eigenvalue weighted by atomic mass is 35.5. The Labute approximate surface area is 840 Å². The van der Waals surface area contributed by atoms with Gasteiger partial charge in [0.2, 0.25) is 35.4 Å². The fourth-order valence-electron chi connectivity index (χ4n) is 17.6. The van der Waals surface area contributed by atoms with Crippen molar-refractivity contribution in [3.05, 3.63) is 370 Å². The van der Waals surface area contributed by atoms with Crippen LogP contribution in [0.5, 0.6) is 23.0 Å². The van der Waals surface area contributed by atoms with E-state index in [1.54, 1.807) is 7.11 Å². The van der Waals surface area contributed by atoms with Crippen molar-refractivity contribution in [2.45, 2.75) is 211 Å². The number of ether oxygens (including phenoxy) is 4. The second-order valence-electron chi connectivity index (χ2n) is 35.3. The van der Waals surface area contributed by atoms with Gasteiger partial charge < -0.3 is 18.9 Å². The van der Waals surface area contributed by atoms with E-state index in [2.05, 4.69) is 77.6 Å². The Kier molecular flexibility index (Phi) is 40.9. The zero-order chi connectivity index (χ0) is 98.0. The summed E-state index contributed by atoms with van der Waals surface area (Å²) in [5.74, 6) is 3.58. The van der Waals surface area contributed by atoms with Crippen molar-refractivity contribution < 1.29 is 47.7 Å². The Hall–Kier alpha value is -13.7. The van der Waals surface area contributed by atoms with Gasteiger partial charge in [-0.05, 0) is 204 Å². The monoisotopic (exact) mass is 1940 g/mol. The molecule has 22 nitrogen and oxygen atoms in total. The number of nitrogens with one attached hydrogen (secondary N) is 6. The standard InChI is InChI=1S/C31H46N2O2.C19H21ClN2O2.C19H22N2O2.C16H15ClN2O2.C15H13ClN2O.C15H14N2O/c1-2-3-4-5-6-7-8-9-10-11-12-13-14-18-24-35-29-23-19-20-27(25-29)30-26-31(34)32-33(30)28-21-16-15-17-22-28;1-2-3-11-24-17-6-4-5-14(12-17)18-13-19(23)21-22(18)16-9-7-15(20)8-10-16;1-2-3-12-23-17-11-7-8-15(13-17)18-14-19(22)20-21(18)16-9-5-4-6-10-16;1-21-14-7-5-11(6-8-14)15-10-16(20)18-19(15)13-4-2-3-12(17)9-13;16-12-6-8-13(9-7-12)18-14(10-15(19)17-18)11-4-2-1-3-5-11;18-15-11-14(12-7-3-1-4-8-12)17(16-15)13-9-5-2-6-10-13/h15-17,19-23,25,30H,2-14,18,24,26H2,1H3,(H,32,34);4-10,12,18H,2-3,11,13H2,1H3,(H,21,23);4-11,13,18H,2-3,12,14H2,1H3,(H,20,22);2-9,15H,10H2,1H3,(H,18,20);1-9,14H,10H2,(H,17,19);1-10,14H,11H2,(H,16,18). The normalized spacial score (nSPS) is 17.2. The first-order valence-electron chi connectivity index (χ1n) is 49.3. The molecule has 12 aromatic carbocycles. The highest BCUT2D eigenvalue weighted by Gasteiger charge is 2.38. The summed E-state index contributed by atoms with van der Waals surface area (Å²) in [7, 11) is 1.63. The average molecular weight is 1950 g/mol. The fourth-order valence-corrected chi connectivity index (χ4v) is 18.0. The molecule has 6 N–H and O–H groups in total. The minimum atomic E-state index is -0.0617. The summed E-state index contributed by atoms with van der Waals surface area (Å²) in [6.45, 7) is 8.76. The molecule has 6 aliphatic rings. The van der Waals surface area contributed by atoms with Gasteiger partial charge in [-0.15, -0.1) is 0 Å². The molecule has 0 bridgehead atoms. The fraction of sp³-hybridized carbons (Fsp3) is 0.322. The van der Waals surface area contributed by atoms with Crippen LogP contribution in [0.1, 0.15) is 245 Å². The van der Waals surface area contributed by atoms with Gasteiger partial charge in [0, 0.05) is 15.1 Å². The van der Waals surface area contributed by atoms with E-state index in [9.17, 15) is 28.8 Å². The van der Waals surface area contributed by atoms with Gasteiger partial charge in [0.15, 0.2) is 0 Å². The van der Waals surface area contributed by atoms with E-state index in [0.29, 0.717) is 60.2 Å². The predicted octanol–water partition coefficient (Wildman–Crippen LogP) is 26.2. The van der Waals surface area contributed by atoms with Crippen LogP contribution < -0.4 is 81.6 Å². The Balaban J connectivity index is 0.000000143. The lowest BCUT2D eigenvalue weighted by Gasteiger charge is -2.26. The Morgan fingerprint density at radius 2 is 0.471 bits per heavy atom. The number of carbonyl (C=O) groups excluding carboxylic acids is 6. The van der Waals surface area contributed by atoms with Crippen LogP contribution in [0.4, 0.5) is 34.1 Å². The molecular weight excluding hydrogens is 1820 g/mol. The molecular formula is C115H131Cl3N12O10. The van der Waals surface area contributed by atoms with Gasteiger partial charge in [-0.3, -0.25) is 91.4 Å². The third-order valence-electron chi connectivity index (χ3n) is 24.9. The van der Waals surface area contributed by atoms with Crippen LogP contribution in [0.2, 0.25) is 15.1 Å². The van der Waals surface area contributed by atoms with Crippen LogP contribution in [0.3, 0.4) is 0 Å². The summed E-state index contributed by atoms with van der Waals surface area (Å²) in [5.41, 5.74) is 29.8. The third kappa shape index (κ3) is 31.4. The van der Waals surface area contributed by atoms with Crippen molar-refractivity contribution >= 4 is 104 Å². The molecule has 140 heavy (non-hydrogen) atoms. The van der Waals surface area contributed by atoms with Gasteiger partial charge in [-0.2, -0.15) is 0 Å². The van der Waals surface area contributed by atoms with Crippen molar-refractivity contribution in [3.8, 4) is 23.0 Å². The number of rotatable bonds is 37. The molecule has 6 atom stereocenters. The van der Waals surface area contributed by atoms with Crippen molar-refractivity contribution in [3.63, 3.8) is 0 Å². The van der Waals surface area contributed by atoms with Crippen LogP contribution in [-0.2, 0) is 28.8 Å². The zero-order valence-corrected chi connectivity index (χ0v) is 82.8. The Morgan fingerprint density at radius 3 is 0.771 bits per heavy atom. The van der Waals surface area contributed by atoms with Crippen molar-refractivity contribution in [1.29, 1.82) is 0 Å². The number of unbranched alkanes of at least 4 members (excludes halogenated alkanes) is 15. The van der Waals surface area contributed by atoms with Crippen LogP contribution in [-0.4, -0.2) is 62.4 Å². The lowest BCUT2D eigenvalue weighted by molar-refractivity contribution is -0.120. The highest BCUT2D eigenvalue weighted by Crippen LogP contribution is 2.41. The molecule has 0 radical (unpaired) electrons. The SMILES string of the molecule is CCCCCCCCCCCCCCCCOc1cccc(C2CC(=O)NN2c2ccccc2)c1.CCCCOc1cccc(C2CC(=O)NN2c2ccc(Cl)cc2)c1.CCCCOc1cccc(C2CC(=O)NN2c2ccccc2)c1.COc1ccc(C2CC(=O)NN2c2cccc(Cl)c2)cc1.O=C1CC(c2ccccc2)N(c2ccc(Cl)cc2)N1.O=C1CC(c2ccccc2)N(c2ccccc2)N1. The second kappa shape index (κ2) is 55.2. The number of carbonyl (C=O) groups is 6. The summed E-state index contributed by atoms with van der Waals surface area (Å²) < 4.78 is 22.8. The van der Waals surface area contributed by atoms with E-state index < -0.39 is 0 Å². The largest absolute Gasteiger partial charge is 0.497 e. The van der Waals surface area contributed by atoms with Gasteiger partial charge in [-0.1, -0.05) is 322 Å². The van der Waals surface area contributed by atoms with Crippen LogP contribution in [0.15, 0.2) is 322 Å². The quantitative estimate of drug-likeness (QED) is 0.0199. The summed E-state index contributed by atoms with van der Waals surface area (Å²) in [6.07, 6.45) is 26.1. The smallest absolute Gasteiger partial charge is 0.241 e. The molecule has 6 heterocycles. The molecule has 6 amide bonds. The predicted molar refractivity (Wildman–Crippen MR) is 563 cm³/mol. The van der Waals surface area contributed by atoms with Crippen molar-refractivity contribution in [2.75, 3.05) is 57.0 Å². The summed E-state index contributed by atoms with van der Waals surface area (Å²) in [5, 5.41) is 13.5. The van der Waals surface area contributed by atoms with Crippen LogP contribution in [0, 0.1) is 0 Å². The number of hydrogen-bond donors (Lipinski definition) is 6. The number of amides is 6. The molecule has 12 aromatic rings. The molecule has 6 saturated heterocycles. The molecule has 0 spiro atoms. The Morgan fingerprint density at radius 1 is 0.229 bits per heavy atom. The van der Waals surface area contributed by atoms with E-state index in [1.165, 1.54) is 83.5 Å². The number of hydrazine groups is 6. The number of benzene rings is 12. The molecule has 6 aliphatic heterocycles. The summed E-state index contributed by atoms with van der Waals surface area (Å²) in [6, 6.07) is 104. The first-order valence-corrected chi connectivity index (χ1v) is 50.5.